The largest absolute Gasteiger partial charge is 0.443 e. The van der Waals surface area contributed by atoms with Crippen molar-refractivity contribution in [1.29, 1.82) is 0 Å². The lowest BCUT2D eigenvalue weighted by Crippen LogP contribution is -2.44. The molecule has 2 amide bonds. The van der Waals surface area contributed by atoms with Gasteiger partial charge in [0.15, 0.2) is 5.82 Å². The number of hydrogen-bond acceptors (Lipinski definition) is 6. The van der Waals surface area contributed by atoms with Gasteiger partial charge in [-0.15, -0.1) is 0 Å². The van der Waals surface area contributed by atoms with Gasteiger partial charge in [-0.1, -0.05) is 0 Å². The first-order valence-electron chi connectivity index (χ1n) is 6.52. The van der Waals surface area contributed by atoms with Crippen LogP contribution in [0.1, 0.15) is 41.5 Å². The summed E-state index contributed by atoms with van der Waals surface area (Å²) in [5, 5.41) is 0. The molecule has 116 valence electrons. The molecule has 1 heterocycles. The van der Waals surface area contributed by atoms with Crippen molar-refractivity contribution in [1.82, 2.24) is 9.97 Å². The Balaban J connectivity index is 3.07. The molecule has 0 spiro atoms. The number of imide groups is 1. The van der Waals surface area contributed by atoms with Crippen molar-refractivity contribution < 1.29 is 19.1 Å². The van der Waals surface area contributed by atoms with Crippen LogP contribution < -0.4 is 4.90 Å². The van der Waals surface area contributed by atoms with Gasteiger partial charge in [0.2, 0.25) is 0 Å². The minimum absolute atomic E-state index is 0.0912. The second-order valence-corrected chi connectivity index (χ2v) is 6.36. The Labute approximate surface area is 124 Å². The fraction of sp³-hybridized carbons (Fsp3) is 0.571. The van der Waals surface area contributed by atoms with Gasteiger partial charge in [0.25, 0.3) is 0 Å². The minimum atomic E-state index is -0.851. The van der Waals surface area contributed by atoms with Crippen molar-refractivity contribution in [3.05, 3.63) is 18.6 Å². The van der Waals surface area contributed by atoms with Gasteiger partial charge in [-0.25, -0.2) is 19.6 Å². The zero-order valence-electron chi connectivity index (χ0n) is 13.2. The summed E-state index contributed by atoms with van der Waals surface area (Å²) >= 11 is 0. The van der Waals surface area contributed by atoms with E-state index in [1.807, 2.05) is 0 Å². The van der Waals surface area contributed by atoms with E-state index >= 15 is 0 Å². The number of anilines is 1. The lowest BCUT2D eigenvalue weighted by Gasteiger charge is -2.27. The summed E-state index contributed by atoms with van der Waals surface area (Å²) in [7, 11) is 0. The monoisotopic (exact) mass is 295 g/mol. The molecule has 1 rings (SSSR count). The van der Waals surface area contributed by atoms with Crippen LogP contribution in [-0.4, -0.2) is 33.4 Å². The quantitative estimate of drug-likeness (QED) is 0.791. The van der Waals surface area contributed by atoms with Crippen molar-refractivity contribution >= 4 is 18.0 Å². The van der Waals surface area contributed by atoms with Crippen LogP contribution in [0.5, 0.6) is 0 Å². The number of carbonyl (C=O) groups is 2. The van der Waals surface area contributed by atoms with Gasteiger partial charge in [-0.05, 0) is 41.5 Å². The van der Waals surface area contributed by atoms with E-state index in [2.05, 4.69) is 9.97 Å². The Morgan fingerprint density at radius 1 is 1.00 bits per heavy atom. The highest BCUT2D eigenvalue weighted by Gasteiger charge is 2.33. The Morgan fingerprint density at radius 2 is 1.48 bits per heavy atom. The minimum Gasteiger partial charge on any atom is -0.443 e. The Morgan fingerprint density at radius 3 is 1.81 bits per heavy atom. The smallest absolute Gasteiger partial charge is 0.425 e. The van der Waals surface area contributed by atoms with Gasteiger partial charge in [0.1, 0.15) is 17.5 Å². The van der Waals surface area contributed by atoms with Gasteiger partial charge < -0.3 is 9.47 Å². The number of rotatable bonds is 1. The summed E-state index contributed by atoms with van der Waals surface area (Å²) in [6, 6.07) is 1.42. The molecule has 0 aliphatic heterocycles. The fourth-order valence-corrected chi connectivity index (χ4v) is 1.29. The zero-order chi connectivity index (χ0) is 16.3. The van der Waals surface area contributed by atoms with Crippen LogP contribution >= 0.6 is 0 Å². The molecule has 0 aromatic carbocycles. The van der Waals surface area contributed by atoms with Gasteiger partial charge in [-0.3, -0.25) is 0 Å². The second-order valence-electron chi connectivity index (χ2n) is 6.36. The van der Waals surface area contributed by atoms with Crippen molar-refractivity contribution in [3.63, 3.8) is 0 Å². The average Bonchev–Trinajstić information content (AvgIpc) is 2.25. The van der Waals surface area contributed by atoms with Crippen molar-refractivity contribution in [2.75, 3.05) is 4.90 Å². The molecular weight excluding hydrogens is 274 g/mol. The van der Waals surface area contributed by atoms with Gasteiger partial charge in [0, 0.05) is 12.3 Å². The molecule has 0 bridgehead atoms. The van der Waals surface area contributed by atoms with E-state index in [1.54, 1.807) is 41.5 Å². The first-order chi connectivity index (χ1) is 9.49. The molecule has 0 saturated heterocycles. The number of aromatic nitrogens is 2. The second kappa shape index (κ2) is 6.07. The molecule has 0 radical (unpaired) electrons. The standard InChI is InChI=1S/C14H21N3O4/c1-13(2,3)20-11(18)17(10-7-8-15-9-16-10)12(19)21-14(4,5)6/h7-9H,1-6H3. The molecule has 21 heavy (non-hydrogen) atoms. The van der Waals surface area contributed by atoms with Gasteiger partial charge >= 0.3 is 12.2 Å². The van der Waals surface area contributed by atoms with Crippen LogP contribution in [0.4, 0.5) is 15.4 Å². The van der Waals surface area contributed by atoms with E-state index in [0.717, 1.165) is 4.90 Å². The third kappa shape index (κ3) is 5.76. The molecule has 7 heteroatoms. The topological polar surface area (TPSA) is 81.6 Å². The molecule has 0 N–H and O–H groups in total. The number of nitrogens with zero attached hydrogens (tertiary/aromatic N) is 3. The van der Waals surface area contributed by atoms with E-state index in [4.69, 9.17) is 9.47 Å². The molecule has 0 aliphatic rings. The Hall–Kier alpha value is -2.18. The molecule has 0 aliphatic carbocycles. The van der Waals surface area contributed by atoms with E-state index in [9.17, 15) is 9.59 Å². The van der Waals surface area contributed by atoms with Crippen LogP contribution in [0.3, 0.4) is 0 Å². The SMILES string of the molecule is CC(C)(C)OC(=O)N(C(=O)OC(C)(C)C)c1ccncn1. The maximum absolute atomic E-state index is 12.2. The Bertz CT molecular complexity index is 475. The summed E-state index contributed by atoms with van der Waals surface area (Å²) in [5.41, 5.74) is -1.49. The summed E-state index contributed by atoms with van der Waals surface area (Å²) in [5.74, 6) is 0.0912. The molecular formula is C14H21N3O4. The first-order valence-corrected chi connectivity index (χ1v) is 6.52. The van der Waals surface area contributed by atoms with Crippen LogP contribution in [0.25, 0.3) is 0 Å². The van der Waals surface area contributed by atoms with E-state index in [-0.39, 0.29) is 5.82 Å². The predicted molar refractivity (Wildman–Crippen MR) is 77.0 cm³/mol. The maximum Gasteiger partial charge on any atom is 0.425 e. The number of carbonyl (C=O) groups excluding carboxylic acids is 2. The van der Waals surface area contributed by atoms with Crippen LogP contribution in [0.2, 0.25) is 0 Å². The highest BCUT2D eigenvalue weighted by molar-refractivity contribution is 6.08. The fourth-order valence-electron chi connectivity index (χ4n) is 1.29. The third-order valence-corrected chi connectivity index (χ3v) is 1.95. The number of ether oxygens (including phenoxy) is 2. The van der Waals surface area contributed by atoms with Crippen LogP contribution in [-0.2, 0) is 9.47 Å². The lowest BCUT2D eigenvalue weighted by atomic mass is 10.2. The number of amides is 2. The van der Waals surface area contributed by atoms with E-state index in [1.165, 1.54) is 18.6 Å². The normalized spacial score (nSPS) is 11.7. The molecule has 0 unspecified atom stereocenters. The predicted octanol–water partition coefficient (Wildman–Crippen LogP) is 3.15. The van der Waals surface area contributed by atoms with Gasteiger partial charge in [0.05, 0.1) is 0 Å². The van der Waals surface area contributed by atoms with E-state index in [0.29, 0.717) is 0 Å². The Kier molecular flexibility index (Phi) is 4.88. The molecule has 1 aromatic heterocycles. The van der Waals surface area contributed by atoms with Crippen LogP contribution in [0, 0.1) is 0 Å². The van der Waals surface area contributed by atoms with E-state index < -0.39 is 23.4 Å². The summed E-state index contributed by atoms with van der Waals surface area (Å²) in [6.07, 6.45) is 0.951. The molecule has 0 fully saturated rings. The summed E-state index contributed by atoms with van der Waals surface area (Å²) in [4.78, 5) is 32.9. The highest BCUT2D eigenvalue weighted by atomic mass is 16.6. The van der Waals surface area contributed by atoms with Crippen molar-refractivity contribution in [2.24, 2.45) is 0 Å². The highest BCUT2D eigenvalue weighted by Crippen LogP contribution is 2.19. The summed E-state index contributed by atoms with van der Waals surface area (Å²) < 4.78 is 10.4. The number of hydrogen-bond donors (Lipinski definition) is 0. The molecule has 0 saturated carbocycles. The first kappa shape index (κ1) is 16.9. The molecule has 0 atom stereocenters. The zero-order valence-corrected chi connectivity index (χ0v) is 13.2. The third-order valence-electron chi connectivity index (χ3n) is 1.95. The molecule has 1 aromatic rings. The van der Waals surface area contributed by atoms with Gasteiger partial charge in [-0.2, -0.15) is 4.90 Å². The van der Waals surface area contributed by atoms with Crippen molar-refractivity contribution in [3.8, 4) is 0 Å². The lowest BCUT2D eigenvalue weighted by molar-refractivity contribution is 0.0429. The summed E-state index contributed by atoms with van der Waals surface area (Å²) in [6.45, 7) is 10.2. The average molecular weight is 295 g/mol. The maximum atomic E-state index is 12.2. The van der Waals surface area contributed by atoms with Crippen molar-refractivity contribution in [2.45, 2.75) is 52.7 Å². The molecule has 7 nitrogen and oxygen atoms in total. The van der Waals surface area contributed by atoms with Crippen LogP contribution in [0.15, 0.2) is 18.6 Å².